The van der Waals surface area contributed by atoms with Crippen molar-refractivity contribution in [3.8, 4) is 11.1 Å². The predicted octanol–water partition coefficient (Wildman–Crippen LogP) is 6.20. The summed E-state index contributed by atoms with van der Waals surface area (Å²) in [5, 5.41) is 0. The third kappa shape index (κ3) is 4.33. The van der Waals surface area contributed by atoms with Gasteiger partial charge in [-0.15, -0.1) is 0 Å². The van der Waals surface area contributed by atoms with Crippen molar-refractivity contribution in [1.82, 2.24) is 0 Å². The molecule has 0 aromatic heterocycles. The van der Waals surface area contributed by atoms with Crippen LogP contribution >= 0.6 is 0 Å². The number of aryl methyl sites for hydroxylation is 1. The Morgan fingerprint density at radius 1 is 0.840 bits per heavy atom. The number of hydrogen-bond acceptors (Lipinski definition) is 1. The number of benzene rings is 3. The molecule has 0 aliphatic rings. The molecule has 0 amide bonds. The van der Waals surface area contributed by atoms with Crippen molar-refractivity contribution in [1.29, 1.82) is 0 Å². The van der Waals surface area contributed by atoms with E-state index in [0.29, 0.717) is 5.56 Å². The van der Waals surface area contributed by atoms with Crippen molar-refractivity contribution in [2.45, 2.75) is 19.8 Å². The van der Waals surface area contributed by atoms with Gasteiger partial charge < -0.3 is 0 Å². The minimum absolute atomic E-state index is 0.0408. The van der Waals surface area contributed by atoms with Crippen LogP contribution in [0.5, 0.6) is 0 Å². The van der Waals surface area contributed by atoms with E-state index in [4.69, 9.17) is 0 Å². The van der Waals surface area contributed by atoms with E-state index in [1.165, 1.54) is 11.1 Å². The Morgan fingerprint density at radius 2 is 1.52 bits per heavy atom. The molecule has 25 heavy (non-hydrogen) atoms. The van der Waals surface area contributed by atoms with Crippen LogP contribution in [0.3, 0.4) is 0 Å². The summed E-state index contributed by atoms with van der Waals surface area (Å²) >= 11 is 0. The summed E-state index contributed by atoms with van der Waals surface area (Å²) < 4.78 is 0. The lowest BCUT2D eigenvalue weighted by molar-refractivity contribution is 0.104. The topological polar surface area (TPSA) is 17.1 Å². The average Bonchev–Trinajstić information content (AvgIpc) is 2.66. The first-order chi connectivity index (χ1) is 12.1. The summed E-state index contributed by atoms with van der Waals surface area (Å²) in [5.41, 5.74) is 5.45. The summed E-state index contributed by atoms with van der Waals surface area (Å²) in [7, 11) is 0. The molecule has 0 bridgehead atoms. The van der Waals surface area contributed by atoms with Crippen LogP contribution in [-0.4, -0.2) is 5.78 Å². The average molecular weight is 326 g/mol. The molecule has 0 heterocycles. The van der Waals surface area contributed by atoms with E-state index in [-0.39, 0.29) is 11.7 Å². The molecule has 3 aromatic carbocycles. The maximum Gasteiger partial charge on any atom is 0.185 e. The van der Waals surface area contributed by atoms with E-state index in [1.807, 2.05) is 48.5 Å². The fraction of sp³-hybridized carbons (Fsp3) is 0.125. The highest BCUT2D eigenvalue weighted by molar-refractivity contribution is 6.04. The van der Waals surface area contributed by atoms with Gasteiger partial charge in [-0.1, -0.05) is 97.4 Å². The van der Waals surface area contributed by atoms with Crippen molar-refractivity contribution in [3.05, 3.63) is 108 Å². The zero-order chi connectivity index (χ0) is 17.6. The SMILES string of the molecule is Cc1cccc(C(C)/C=C/C(=O)c2ccc(-c3ccccc3)cc2)c1. The normalized spacial score (nSPS) is 12.2. The second-order valence-electron chi connectivity index (χ2n) is 6.37. The van der Waals surface area contributed by atoms with Gasteiger partial charge in [0.15, 0.2) is 5.78 Å². The first-order valence-electron chi connectivity index (χ1n) is 8.58. The van der Waals surface area contributed by atoms with E-state index in [1.54, 1.807) is 6.08 Å². The highest BCUT2D eigenvalue weighted by Crippen LogP contribution is 2.21. The monoisotopic (exact) mass is 326 g/mol. The molecular weight excluding hydrogens is 304 g/mol. The van der Waals surface area contributed by atoms with Gasteiger partial charge in [-0.05, 0) is 35.6 Å². The fourth-order valence-electron chi connectivity index (χ4n) is 2.85. The van der Waals surface area contributed by atoms with Crippen molar-refractivity contribution in [2.24, 2.45) is 0 Å². The van der Waals surface area contributed by atoms with Gasteiger partial charge in [0.25, 0.3) is 0 Å². The molecule has 3 rings (SSSR count). The van der Waals surface area contributed by atoms with E-state index in [0.717, 1.165) is 11.1 Å². The fourth-order valence-corrected chi connectivity index (χ4v) is 2.85. The Bertz CT molecular complexity index is 873. The van der Waals surface area contributed by atoms with Gasteiger partial charge in [-0.3, -0.25) is 4.79 Å². The molecule has 0 N–H and O–H groups in total. The van der Waals surface area contributed by atoms with Crippen LogP contribution in [0, 0.1) is 6.92 Å². The number of ketones is 1. The third-order valence-corrected chi connectivity index (χ3v) is 4.38. The zero-order valence-electron chi connectivity index (χ0n) is 14.6. The Hall–Kier alpha value is -2.93. The second-order valence-corrected chi connectivity index (χ2v) is 6.37. The Morgan fingerprint density at radius 3 is 2.20 bits per heavy atom. The van der Waals surface area contributed by atoms with Crippen molar-refractivity contribution in [3.63, 3.8) is 0 Å². The highest BCUT2D eigenvalue weighted by atomic mass is 16.1. The number of allylic oxidation sites excluding steroid dienone is 2. The van der Waals surface area contributed by atoms with Crippen LogP contribution in [0.2, 0.25) is 0 Å². The van der Waals surface area contributed by atoms with Gasteiger partial charge in [0.2, 0.25) is 0 Å². The minimum atomic E-state index is 0.0408. The summed E-state index contributed by atoms with van der Waals surface area (Å²) in [6.45, 7) is 4.19. The molecule has 124 valence electrons. The molecule has 0 radical (unpaired) electrons. The summed E-state index contributed by atoms with van der Waals surface area (Å²) in [6.07, 6.45) is 3.66. The molecule has 3 aromatic rings. The number of carbonyl (C=O) groups is 1. The molecule has 0 saturated heterocycles. The lowest BCUT2D eigenvalue weighted by Gasteiger charge is -2.07. The quantitative estimate of drug-likeness (QED) is 0.403. The van der Waals surface area contributed by atoms with Crippen LogP contribution < -0.4 is 0 Å². The van der Waals surface area contributed by atoms with Crippen LogP contribution in [0.25, 0.3) is 11.1 Å². The zero-order valence-corrected chi connectivity index (χ0v) is 14.6. The largest absolute Gasteiger partial charge is 0.289 e. The van der Waals surface area contributed by atoms with Crippen LogP contribution in [0.4, 0.5) is 0 Å². The summed E-state index contributed by atoms with van der Waals surface area (Å²) in [4.78, 5) is 12.4. The molecule has 0 saturated carbocycles. The predicted molar refractivity (Wildman–Crippen MR) is 105 cm³/mol. The lowest BCUT2D eigenvalue weighted by Crippen LogP contribution is -1.96. The van der Waals surface area contributed by atoms with Gasteiger partial charge in [0.05, 0.1) is 0 Å². The lowest BCUT2D eigenvalue weighted by atomic mass is 9.97. The molecular formula is C24H22O. The molecule has 0 aliphatic heterocycles. The molecule has 1 heteroatoms. The number of hydrogen-bond donors (Lipinski definition) is 0. The third-order valence-electron chi connectivity index (χ3n) is 4.38. The highest BCUT2D eigenvalue weighted by Gasteiger charge is 2.05. The number of carbonyl (C=O) groups excluding carboxylic acids is 1. The van der Waals surface area contributed by atoms with Crippen LogP contribution in [0.1, 0.15) is 34.3 Å². The van der Waals surface area contributed by atoms with Crippen LogP contribution in [-0.2, 0) is 0 Å². The van der Waals surface area contributed by atoms with Gasteiger partial charge in [0, 0.05) is 5.56 Å². The van der Waals surface area contributed by atoms with Crippen LogP contribution in [0.15, 0.2) is 91.0 Å². The summed E-state index contributed by atoms with van der Waals surface area (Å²) in [6, 6.07) is 26.4. The first kappa shape index (κ1) is 16.9. The molecule has 1 unspecified atom stereocenters. The molecule has 0 spiro atoms. The van der Waals surface area contributed by atoms with E-state index < -0.39 is 0 Å². The molecule has 1 atom stereocenters. The Labute approximate surface area is 149 Å². The summed E-state index contributed by atoms with van der Waals surface area (Å²) in [5.74, 6) is 0.256. The maximum atomic E-state index is 12.4. The molecule has 0 aliphatic carbocycles. The molecule has 1 nitrogen and oxygen atoms in total. The Balaban J connectivity index is 1.71. The van der Waals surface area contributed by atoms with E-state index >= 15 is 0 Å². The number of rotatable bonds is 5. The van der Waals surface area contributed by atoms with Crippen molar-refractivity contribution < 1.29 is 4.79 Å². The van der Waals surface area contributed by atoms with Gasteiger partial charge in [-0.2, -0.15) is 0 Å². The van der Waals surface area contributed by atoms with Gasteiger partial charge >= 0.3 is 0 Å². The van der Waals surface area contributed by atoms with Crippen molar-refractivity contribution in [2.75, 3.05) is 0 Å². The first-order valence-corrected chi connectivity index (χ1v) is 8.58. The standard InChI is InChI=1S/C24H22O/c1-18-7-6-10-23(17-18)19(2)11-16-24(25)22-14-12-21(13-15-22)20-8-4-3-5-9-20/h3-17,19H,1-2H3/b16-11+. The van der Waals surface area contributed by atoms with Gasteiger partial charge in [-0.25, -0.2) is 0 Å². The van der Waals surface area contributed by atoms with Crippen molar-refractivity contribution >= 4 is 5.78 Å². The minimum Gasteiger partial charge on any atom is -0.289 e. The molecule has 0 fully saturated rings. The van der Waals surface area contributed by atoms with E-state index in [2.05, 4.69) is 50.2 Å². The van der Waals surface area contributed by atoms with E-state index in [9.17, 15) is 4.79 Å². The second kappa shape index (κ2) is 7.76. The Kier molecular flexibility index (Phi) is 5.25. The smallest absolute Gasteiger partial charge is 0.185 e. The van der Waals surface area contributed by atoms with Gasteiger partial charge in [0.1, 0.15) is 0 Å². The maximum absolute atomic E-state index is 12.4.